The van der Waals surface area contributed by atoms with Crippen molar-refractivity contribution in [3.05, 3.63) is 56.7 Å². The molecular formula is C13H7Br2FO2. The summed E-state index contributed by atoms with van der Waals surface area (Å²) in [7, 11) is 0. The number of hydrogen-bond acceptors (Lipinski definition) is 2. The number of benzene rings is 2. The molecule has 18 heavy (non-hydrogen) atoms. The first-order chi connectivity index (χ1) is 8.58. The van der Waals surface area contributed by atoms with Crippen LogP contribution in [0.4, 0.5) is 4.39 Å². The molecule has 0 aliphatic heterocycles. The molecule has 0 aromatic heterocycles. The van der Waals surface area contributed by atoms with Gasteiger partial charge in [-0.3, -0.25) is 4.79 Å². The summed E-state index contributed by atoms with van der Waals surface area (Å²) < 4.78 is 19.9. The first-order valence-electron chi connectivity index (χ1n) is 4.97. The van der Waals surface area contributed by atoms with Gasteiger partial charge >= 0.3 is 0 Å². The van der Waals surface area contributed by atoms with Gasteiger partial charge in [-0.2, -0.15) is 0 Å². The molecule has 0 radical (unpaired) electrons. The van der Waals surface area contributed by atoms with Gasteiger partial charge in [-0.05, 0) is 46.3 Å². The van der Waals surface area contributed by atoms with E-state index in [2.05, 4.69) is 31.9 Å². The fraction of sp³-hybridized carbons (Fsp3) is 0. The summed E-state index contributed by atoms with van der Waals surface area (Å²) in [5, 5.41) is 0. The van der Waals surface area contributed by atoms with Gasteiger partial charge in [0.25, 0.3) is 0 Å². The predicted octanol–water partition coefficient (Wildman–Crippen LogP) is 4.96. The molecule has 2 aromatic rings. The molecule has 0 aliphatic carbocycles. The average molecular weight is 374 g/mol. The summed E-state index contributed by atoms with van der Waals surface area (Å²) in [6.07, 6.45) is 0.743. The number of aldehydes is 1. The summed E-state index contributed by atoms with van der Waals surface area (Å²) in [5.74, 6) is 0.500. The Labute approximate surface area is 120 Å². The normalized spacial score (nSPS) is 10.2. The molecule has 0 aliphatic rings. The van der Waals surface area contributed by atoms with E-state index in [1.807, 2.05) is 0 Å². The summed E-state index contributed by atoms with van der Waals surface area (Å²) in [6.45, 7) is 0. The van der Waals surface area contributed by atoms with Crippen molar-refractivity contribution in [2.24, 2.45) is 0 Å². The number of carbonyl (C=O) groups is 1. The van der Waals surface area contributed by atoms with Crippen LogP contribution in [0, 0.1) is 5.82 Å². The van der Waals surface area contributed by atoms with E-state index in [-0.39, 0.29) is 5.82 Å². The lowest BCUT2D eigenvalue weighted by atomic mass is 10.2. The monoisotopic (exact) mass is 372 g/mol. The summed E-state index contributed by atoms with van der Waals surface area (Å²) in [4.78, 5) is 10.6. The number of carbonyl (C=O) groups excluding carboxylic acids is 1. The molecule has 0 heterocycles. The van der Waals surface area contributed by atoms with Crippen LogP contribution in [0.15, 0.2) is 45.3 Å². The third-order valence-electron chi connectivity index (χ3n) is 2.16. The van der Waals surface area contributed by atoms with E-state index in [4.69, 9.17) is 4.74 Å². The predicted molar refractivity (Wildman–Crippen MR) is 73.7 cm³/mol. The molecule has 0 amide bonds. The highest BCUT2D eigenvalue weighted by Gasteiger charge is 2.06. The third-order valence-corrected chi connectivity index (χ3v) is 3.23. The maximum atomic E-state index is 13.2. The molecule has 0 N–H and O–H groups in total. The van der Waals surface area contributed by atoms with Crippen LogP contribution in [0.1, 0.15) is 10.4 Å². The van der Waals surface area contributed by atoms with Gasteiger partial charge in [0.15, 0.2) is 0 Å². The average Bonchev–Trinajstić information content (AvgIpc) is 2.30. The lowest BCUT2D eigenvalue weighted by molar-refractivity contribution is 0.112. The Morgan fingerprint density at radius 3 is 2.50 bits per heavy atom. The molecule has 0 atom stereocenters. The van der Waals surface area contributed by atoms with Crippen LogP contribution in [0.5, 0.6) is 11.5 Å². The van der Waals surface area contributed by atoms with E-state index in [1.54, 1.807) is 24.3 Å². The van der Waals surface area contributed by atoms with Gasteiger partial charge in [0.1, 0.15) is 23.6 Å². The molecule has 0 bridgehead atoms. The fourth-order valence-electron chi connectivity index (χ4n) is 1.39. The van der Waals surface area contributed by atoms with Crippen LogP contribution in [0.2, 0.25) is 0 Å². The van der Waals surface area contributed by atoms with Crippen molar-refractivity contribution in [1.29, 1.82) is 0 Å². The second kappa shape index (κ2) is 5.63. The molecule has 0 spiro atoms. The maximum absolute atomic E-state index is 13.2. The van der Waals surface area contributed by atoms with Crippen molar-refractivity contribution in [2.45, 2.75) is 0 Å². The highest BCUT2D eigenvalue weighted by atomic mass is 79.9. The SMILES string of the molecule is O=Cc1ccc(Oc2cc(F)cc(Br)c2)c(Br)c1. The standard InChI is InChI=1S/C13H7Br2FO2/c14-9-4-10(16)6-11(5-9)18-13-2-1-8(7-17)3-12(13)15/h1-7H. The number of ether oxygens (including phenoxy) is 1. The van der Waals surface area contributed by atoms with Gasteiger partial charge in [0.2, 0.25) is 0 Å². The molecule has 92 valence electrons. The van der Waals surface area contributed by atoms with Crippen LogP contribution < -0.4 is 4.74 Å². The van der Waals surface area contributed by atoms with Crippen molar-refractivity contribution in [3.63, 3.8) is 0 Å². The van der Waals surface area contributed by atoms with Crippen LogP contribution >= 0.6 is 31.9 Å². The Morgan fingerprint density at radius 1 is 1.11 bits per heavy atom. The van der Waals surface area contributed by atoms with Gasteiger partial charge in [-0.15, -0.1) is 0 Å². The topological polar surface area (TPSA) is 26.3 Å². The van der Waals surface area contributed by atoms with Crippen molar-refractivity contribution in [1.82, 2.24) is 0 Å². The minimum atomic E-state index is -0.389. The maximum Gasteiger partial charge on any atom is 0.150 e. The van der Waals surface area contributed by atoms with Gasteiger partial charge in [-0.25, -0.2) is 4.39 Å². The van der Waals surface area contributed by atoms with Gasteiger partial charge in [0.05, 0.1) is 4.47 Å². The number of hydrogen-bond donors (Lipinski definition) is 0. The minimum Gasteiger partial charge on any atom is -0.456 e. The third kappa shape index (κ3) is 3.17. The first kappa shape index (κ1) is 13.2. The van der Waals surface area contributed by atoms with Crippen molar-refractivity contribution < 1.29 is 13.9 Å². The Morgan fingerprint density at radius 2 is 1.89 bits per heavy atom. The molecule has 0 saturated carbocycles. The quantitative estimate of drug-likeness (QED) is 0.711. The van der Waals surface area contributed by atoms with Gasteiger partial charge in [0, 0.05) is 16.1 Å². The van der Waals surface area contributed by atoms with E-state index < -0.39 is 0 Å². The largest absolute Gasteiger partial charge is 0.456 e. The number of halogens is 3. The Bertz CT molecular complexity index is 579. The zero-order valence-corrected chi connectivity index (χ0v) is 12.2. The summed E-state index contributed by atoms with van der Waals surface area (Å²) >= 11 is 6.48. The fourth-order valence-corrected chi connectivity index (χ4v) is 2.31. The second-order valence-electron chi connectivity index (χ2n) is 3.51. The molecule has 5 heteroatoms. The summed E-state index contributed by atoms with van der Waals surface area (Å²) in [5.41, 5.74) is 0.537. The lowest BCUT2D eigenvalue weighted by Crippen LogP contribution is -1.88. The van der Waals surface area contributed by atoms with Gasteiger partial charge in [-0.1, -0.05) is 15.9 Å². The van der Waals surface area contributed by atoms with E-state index in [1.165, 1.54) is 12.1 Å². The van der Waals surface area contributed by atoms with Crippen molar-refractivity contribution in [2.75, 3.05) is 0 Å². The van der Waals surface area contributed by atoms with Crippen molar-refractivity contribution >= 4 is 38.1 Å². The van der Waals surface area contributed by atoms with E-state index in [0.29, 0.717) is 26.0 Å². The molecular weight excluding hydrogens is 367 g/mol. The van der Waals surface area contributed by atoms with E-state index in [0.717, 1.165) is 6.29 Å². The Hall–Kier alpha value is -1.20. The van der Waals surface area contributed by atoms with E-state index in [9.17, 15) is 9.18 Å². The smallest absolute Gasteiger partial charge is 0.150 e. The van der Waals surface area contributed by atoms with Crippen LogP contribution in [-0.2, 0) is 0 Å². The molecule has 2 aromatic carbocycles. The number of rotatable bonds is 3. The Balaban J connectivity index is 2.31. The summed E-state index contributed by atoms with van der Waals surface area (Å²) in [6, 6.07) is 9.19. The zero-order valence-electron chi connectivity index (χ0n) is 8.99. The molecule has 2 nitrogen and oxygen atoms in total. The zero-order chi connectivity index (χ0) is 13.1. The van der Waals surface area contributed by atoms with Crippen molar-refractivity contribution in [3.8, 4) is 11.5 Å². The van der Waals surface area contributed by atoms with Gasteiger partial charge < -0.3 is 4.74 Å². The molecule has 0 unspecified atom stereocenters. The molecule has 0 fully saturated rings. The molecule has 2 rings (SSSR count). The highest BCUT2D eigenvalue weighted by Crippen LogP contribution is 2.31. The Kier molecular flexibility index (Phi) is 4.14. The van der Waals surface area contributed by atoms with Crippen LogP contribution in [0.3, 0.4) is 0 Å². The highest BCUT2D eigenvalue weighted by molar-refractivity contribution is 9.10. The first-order valence-corrected chi connectivity index (χ1v) is 6.56. The minimum absolute atomic E-state index is 0.376. The van der Waals surface area contributed by atoms with Crippen LogP contribution in [-0.4, -0.2) is 6.29 Å². The lowest BCUT2D eigenvalue weighted by Gasteiger charge is -2.08. The van der Waals surface area contributed by atoms with Crippen LogP contribution in [0.25, 0.3) is 0 Å². The van der Waals surface area contributed by atoms with E-state index >= 15 is 0 Å². The molecule has 0 saturated heterocycles. The second-order valence-corrected chi connectivity index (χ2v) is 5.28.